The van der Waals surface area contributed by atoms with Crippen molar-refractivity contribution in [3.05, 3.63) is 52.5 Å². The first kappa shape index (κ1) is 19.4. The quantitative estimate of drug-likeness (QED) is 0.475. The van der Waals surface area contributed by atoms with Gasteiger partial charge in [0.25, 0.3) is 5.91 Å². The average molecular weight is 390 g/mol. The number of amides is 2. The molecule has 26 heavy (non-hydrogen) atoms. The largest absolute Gasteiger partial charge is 0.360 e. The first-order valence-electron chi connectivity index (χ1n) is 7.62. The predicted molar refractivity (Wildman–Crippen MR) is 103 cm³/mol. The molecule has 2 amide bonds. The topological polar surface area (TPSA) is 107 Å². The second kappa shape index (κ2) is 9.56. The summed E-state index contributed by atoms with van der Waals surface area (Å²) in [6, 6.07) is 6.79. The summed E-state index contributed by atoms with van der Waals surface area (Å²) in [5.74, 6) is -0.506. The zero-order valence-electron chi connectivity index (χ0n) is 13.7. The number of anilines is 2. The molecule has 0 aliphatic heterocycles. The normalized spacial score (nSPS) is 9.85. The minimum Gasteiger partial charge on any atom is -0.360 e. The summed E-state index contributed by atoms with van der Waals surface area (Å²) in [4.78, 5) is 28.1. The van der Waals surface area contributed by atoms with Gasteiger partial charge in [-0.2, -0.15) is 5.26 Å². The average Bonchev–Trinajstić information content (AvgIpc) is 3.09. The van der Waals surface area contributed by atoms with E-state index in [0.29, 0.717) is 23.1 Å². The Morgan fingerprint density at radius 1 is 1.38 bits per heavy atom. The number of para-hydroxylation sites is 1. The third kappa shape index (κ3) is 5.31. The first-order chi connectivity index (χ1) is 12.5. The van der Waals surface area contributed by atoms with E-state index in [9.17, 15) is 9.59 Å². The molecule has 3 N–H and O–H groups in total. The molecule has 7 nitrogen and oxygen atoms in total. The van der Waals surface area contributed by atoms with Crippen molar-refractivity contribution in [2.45, 2.75) is 6.42 Å². The van der Waals surface area contributed by atoms with Crippen molar-refractivity contribution in [3.8, 4) is 6.07 Å². The number of nitrogens with one attached hydrogen (secondary N) is 3. The first-order valence-corrected chi connectivity index (χ1v) is 8.82. The highest BCUT2D eigenvalue weighted by atomic mass is 35.5. The number of nitriles is 1. The summed E-state index contributed by atoms with van der Waals surface area (Å²) in [5.41, 5.74) is 0.554. The molecule has 1 heterocycles. The Morgan fingerprint density at radius 3 is 2.92 bits per heavy atom. The number of thiazole rings is 1. The number of aromatic nitrogens is 1. The van der Waals surface area contributed by atoms with E-state index in [1.165, 1.54) is 12.3 Å². The highest BCUT2D eigenvalue weighted by Crippen LogP contribution is 2.27. The molecule has 0 saturated carbocycles. The van der Waals surface area contributed by atoms with E-state index in [-0.39, 0.29) is 28.6 Å². The lowest BCUT2D eigenvalue weighted by Gasteiger charge is -2.07. The Bertz CT molecular complexity index is 859. The summed E-state index contributed by atoms with van der Waals surface area (Å²) in [5, 5.41) is 18.3. The number of hydrogen-bond acceptors (Lipinski definition) is 6. The monoisotopic (exact) mass is 389 g/mol. The fourth-order valence-electron chi connectivity index (χ4n) is 1.95. The van der Waals surface area contributed by atoms with Gasteiger partial charge in [-0.1, -0.05) is 35.1 Å². The van der Waals surface area contributed by atoms with E-state index >= 15 is 0 Å². The van der Waals surface area contributed by atoms with E-state index in [1.54, 1.807) is 18.2 Å². The molecule has 1 aromatic carbocycles. The third-order valence-corrected chi connectivity index (χ3v) is 4.42. The molecule has 0 spiro atoms. The van der Waals surface area contributed by atoms with Gasteiger partial charge in [0.05, 0.1) is 22.5 Å². The van der Waals surface area contributed by atoms with E-state index in [2.05, 4.69) is 27.5 Å². The smallest absolute Gasteiger partial charge is 0.267 e. The third-order valence-electron chi connectivity index (χ3n) is 3.16. The molecule has 0 atom stereocenters. The minimum atomic E-state index is -0.403. The molecule has 0 aliphatic carbocycles. The number of halogens is 1. The van der Waals surface area contributed by atoms with Gasteiger partial charge in [-0.3, -0.25) is 9.59 Å². The van der Waals surface area contributed by atoms with Crippen molar-refractivity contribution < 1.29 is 9.59 Å². The van der Waals surface area contributed by atoms with Gasteiger partial charge in [-0.25, -0.2) is 4.98 Å². The minimum absolute atomic E-state index is 0.103. The van der Waals surface area contributed by atoms with E-state index < -0.39 is 5.91 Å². The fourth-order valence-corrected chi connectivity index (χ4v) is 2.91. The molecular weight excluding hydrogens is 374 g/mol. The summed E-state index contributed by atoms with van der Waals surface area (Å²) >= 11 is 7.21. The maximum Gasteiger partial charge on any atom is 0.267 e. The van der Waals surface area contributed by atoms with Crippen molar-refractivity contribution in [2.75, 3.05) is 23.7 Å². The van der Waals surface area contributed by atoms with Gasteiger partial charge in [0.15, 0.2) is 5.13 Å². The Morgan fingerprint density at radius 2 is 2.19 bits per heavy atom. The van der Waals surface area contributed by atoms with Crippen molar-refractivity contribution in [1.82, 2.24) is 10.3 Å². The van der Waals surface area contributed by atoms with Crippen LogP contribution in [0.25, 0.3) is 0 Å². The van der Waals surface area contributed by atoms with Crippen LogP contribution in [0.3, 0.4) is 0 Å². The molecule has 0 aliphatic rings. The summed E-state index contributed by atoms with van der Waals surface area (Å²) in [6.45, 7) is 4.40. The van der Waals surface area contributed by atoms with Crippen molar-refractivity contribution in [1.29, 1.82) is 5.26 Å². The van der Waals surface area contributed by atoms with Crippen LogP contribution >= 0.6 is 22.9 Å². The molecule has 0 unspecified atom stereocenters. The summed E-state index contributed by atoms with van der Waals surface area (Å²) in [6.07, 6.45) is 3.24. The second-order valence-corrected chi connectivity index (χ2v) is 6.47. The highest BCUT2D eigenvalue weighted by Gasteiger charge is 2.15. The summed E-state index contributed by atoms with van der Waals surface area (Å²) in [7, 11) is 0. The number of nitrogens with zero attached hydrogens (tertiary/aromatic N) is 2. The fraction of sp³-hybridized carbons (Fsp3) is 0.176. The molecule has 134 valence electrons. The maximum atomic E-state index is 12.3. The Hall–Kier alpha value is -2.89. The van der Waals surface area contributed by atoms with Crippen LogP contribution in [0.15, 0.2) is 37.1 Å². The lowest BCUT2D eigenvalue weighted by molar-refractivity contribution is -0.120. The van der Waals surface area contributed by atoms with Crippen LogP contribution in [0.4, 0.5) is 10.8 Å². The van der Waals surface area contributed by atoms with Gasteiger partial charge in [0.2, 0.25) is 5.91 Å². The van der Waals surface area contributed by atoms with Crippen LogP contribution in [0.5, 0.6) is 0 Å². The Labute approximate surface area is 159 Å². The van der Waals surface area contributed by atoms with Crippen molar-refractivity contribution in [2.24, 2.45) is 0 Å². The second-order valence-electron chi connectivity index (χ2n) is 5.03. The van der Waals surface area contributed by atoms with Gasteiger partial charge in [-0.15, -0.1) is 6.58 Å². The zero-order valence-corrected chi connectivity index (χ0v) is 15.3. The van der Waals surface area contributed by atoms with Crippen LogP contribution in [0.2, 0.25) is 5.02 Å². The number of carbonyl (C=O) groups is 2. The van der Waals surface area contributed by atoms with Crippen molar-refractivity contribution >= 4 is 45.6 Å². The Kier molecular flexibility index (Phi) is 7.14. The molecule has 9 heteroatoms. The zero-order chi connectivity index (χ0) is 18.9. The van der Waals surface area contributed by atoms with Crippen LogP contribution < -0.4 is 16.0 Å². The molecule has 0 saturated heterocycles. The summed E-state index contributed by atoms with van der Waals surface area (Å²) < 4.78 is 0. The maximum absolute atomic E-state index is 12.3. The number of hydrogen-bond donors (Lipinski definition) is 3. The molecule has 2 rings (SSSR count). The SMILES string of the molecule is C=CCC(=O)NCCNc1ncc(C(=O)Nc2c(Cl)cccc2C#N)s1. The van der Waals surface area contributed by atoms with Crippen molar-refractivity contribution in [3.63, 3.8) is 0 Å². The van der Waals surface area contributed by atoms with Gasteiger partial charge in [-0.05, 0) is 12.1 Å². The van der Waals surface area contributed by atoms with Crippen LogP contribution in [-0.4, -0.2) is 29.9 Å². The molecule has 0 radical (unpaired) electrons. The van der Waals surface area contributed by atoms with Crippen LogP contribution in [-0.2, 0) is 4.79 Å². The molecule has 2 aromatic rings. The van der Waals surface area contributed by atoms with E-state index in [4.69, 9.17) is 16.9 Å². The molecule has 0 bridgehead atoms. The number of rotatable bonds is 8. The Balaban J connectivity index is 1.91. The van der Waals surface area contributed by atoms with Gasteiger partial charge < -0.3 is 16.0 Å². The molecule has 0 fully saturated rings. The van der Waals surface area contributed by atoms with Gasteiger partial charge in [0, 0.05) is 19.5 Å². The van der Waals surface area contributed by atoms with Gasteiger partial charge in [0.1, 0.15) is 10.9 Å². The standard InChI is InChI=1S/C17H16ClN5O2S/c1-2-4-14(24)20-7-8-21-17-22-10-13(26-17)16(25)23-15-11(9-19)5-3-6-12(15)18/h2-3,5-6,10H,1,4,7-8H2,(H,20,24)(H,21,22)(H,23,25). The van der Waals surface area contributed by atoms with Gasteiger partial charge >= 0.3 is 0 Å². The van der Waals surface area contributed by atoms with E-state index in [0.717, 1.165) is 11.3 Å². The highest BCUT2D eigenvalue weighted by molar-refractivity contribution is 7.17. The molecule has 1 aromatic heterocycles. The van der Waals surface area contributed by atoms with E-state index in [1.807, 2.05) is 6.07 Å². The van der Waals surface area contributed by atoms with Crippen LogP contribution in [0.1, 0.15) is 21.7 Å². The number of carbonyl (C=O) groups excluding carboxylic acids is 2. The molecular formula is C17H16ClN5O2S. The lowest BCUT2D eigenvalue weighted by Crippen LogP contribution is -2.28. The number of benzene rings is 1. The lowest BCUT2D eigenvalue weighted by atomic mass is 10.2. The van der Waals surface area contributed by atoms with Crippen LogP contribution in [0, 0.1) is 11.3 Å². The predicted octanol–water partition coefficient (Wildman–Crippen LogP) is 3.02.